The molecular formula is C28H33N3O5. The summed E-state index contributed by atoms with van der Waals surface area (Å²) in [5.41, 5.74) is 1.42. The van der Waals surface area contributed by atoms with Gasteiger partial charge in [-0.15, -0.1) is 0 Å². The maximum Gasteiger partial charge on any atom is 0.250 e. The molecule has 2 aromatic rings. The van der Waals surface area contributed by atoms with Gasteiger partial charge in [0.05, 0.1) is 5.41 Å². The molecule has 2 saturated heterocycles. The molecule has 3 aliphatic heterocycles. The summed E-state index contributed by atoms with van der Waals surface area (Å²) < 4.78 is 6.95. The van der Waals surface area contributed by atoms with Crippen molar-refractivity contribution >= 4 is 17.7 Å². The van der Waals surface area contributed by atoms with E-state index < -0.39 is 5.41 Å². The summed E-state index contributed by atoms with van der Waals surface area (Å²) in [6.07, 6.45) is 1.46. The maximum atomic E-state index is 13.9. The van der Waals surface area contributed by atoms with E-state index in [0.717, 1.165) is 23.2 Å². The summed E-state index contributed by atoms with van der Waals surface area (Å²) in [7, 11) is 1.59. The number of pyridine rings is 1. The van der Waals surface area contributed by atoms with Crippen LogP contribution in [0.1, 0.15) is 48.4 Å². The van der Waals surface area contributed by atoms with Crippen LogP contribution in [0.25, 0.3) is 0 Å². The Labute approximate surface area is 210 Å². The van der Waals surface area contributed by atoms with Crippen LogP contribution in [-0.4, -0.2) is 65.4 Å². The normalized spacial score (nSPS) is 25.3. The molecule has 4 heterocycles. The number of aromatic nitrogens is 1. The van der Waals surface area contributed by atoms with Crippen LogP contribution in [0.15, 0.2) is 47.3 Å². The van der Waals surface area contributed by atoms with Crippen LogP contribution < -0.4 is 5.56 Å². The zero-order valence-corrected chi connectivity index (χ0v) is 20.9. The first kappa shape index (κ1) is 24.4. The third kappa shape index (κ3) is 4.17. The van der Waals surface area contributed by atoms with Crippen LogP contribution in [0.2, 0.25) is 0 Å². The summed E-state index contributed by atoms with van der Waals surface area (Å²) in [5, 5.41) is 0. The van der Waals surface area contributed by atoms with Crippen LogP contribution in [0.3, 0.4) is 0 Å². The first-order valence-corrected chi connectivity index (χ1v) is 12.7. The highest BCUT2D eigenvalue weighted by molar-refractivity contribution is 6.11. The lowest BCUT2D eigenvalue weighted by Gasteiger charge is -2.43. The number of ether oxygens (including phenoxy) is 1. The Bertz CT molecular complexity index is 1250. The third-order valence-electron chi connectivity index (χ3n) is 8.08. The highest BCUT2D eigenvalue weighted by atomic mass is 16.5. The number of fused-ring (bicyclic) bond motifs is 4. The zero-order valence-electron chi connectivity index (χ0n) is 20.9. The first-order chi connectivity index (χ1) is 17.3. The number of rotatable bonds is 7. The van der Waals surface area contributed by atoms with Gasteiger partial charge < -0.3 is 14.2 Å². The number of likely N-dealkylation sites (tertiary alicyclic amines) is 2. The largest absolute Gasteiger partial charge is 0.385 e. The lowest BCUT2D eigenvalue weighted by Crippen LogP contribution is -2.51. The molecule has 3 amide bonds. The maximum absolute atomic E-state index is 13.9. The lowest BCUT2D eigenvalue weighted by molar-refractivity contribution is -0.143. The van der Waals surface area contributed by atoms with Gasteiger partial charge in [-0.25, -0.2) is 0 Å². The molecule has 2 fully saturated rings. The number of hydrogen-bond donors (Lipinski definition) is 0. The van der Waals surface area contributed by atoms with Crippen LogP contribution in [0.5, 0.6) is 0 Å². The number of amides is 3. The Balaban J connectivity index is 1.43. The van der Waals surface area contributed by atoms with Gasteiger partial charge in [-0.05, 0) is 42.9 Å². The van der Waals surface area contributed by atoms with Crippen molar-refractivity contribution in [1.29, 1.82) is 0 Å². The average molecular weight is 492 g/mol. The number of methoxy groups -OCH3 is 1. The molecule has 0 N–H and O–H groups in total. The second-order valence-corrected chi connectivity index (χ2v) is 10.4. The molecule has 1 aromatic heterocycles. The van der Waals surface area contributed by atoms with Gasteiger partial charge in [-0.1, -0.05) is 30.3 Å². The van der Waals surface area contributed by atoms with E-state index in [1.165, 1.54) is 4.90 Å². The van der Waals surface area contributed by atoms with E-state index >= 15 is 0 Å². The highest BCUT2D eigenvalue weighted by Gasteiger charge is 2.54. The fraction of sp³-hybridized carbons (Fsp3) is 0.500. The Morgan fingerprint density at radius 3 is 2.64 bits per heavy atom. The fourth-order valence-corrected chi connectivity index (χ4v) is 6.42. The Morgan fingerprint density at radius 1 is 1.06 bits per heavy atom. The number of aryl methyl sites for hydroxylation is 1. The molecule has 0 radical (unpaired) electrons. The van der Waals surface area contributed by atoms with Crippen molar-refractivity contribution in [3.63, 3.8) is 0 Å². The minimum atomic E-state index is -1.20. The quantitative estimate of drug-likeness (QED) is 0.438. The number of carbonyl (C=O) groups is 3. The molecule has 0 saturated carbocycles. The summed E-state index contributed by atoms with van der Waals surface area (Å²) in [6, 6.07) is 12.9. The summed E-state index contributed by atoms with van der Waals surface area (Å²) in [4.78, 5) is 56.3. The summed E-state index contributed by atoms with van der Waals surface area (Å²) in [5.74, 6) is -0.353. The standard InChI is InChI=1S/C28H33N3O5/c1-19-7-3-4-8-22(19)28(15-26(34)30(27(28)35)11-6-12-36-2)14-25(33)29-16-20-13-21(18-29)23-9-5-10-24(32)31(23)17-20/h3-5,7-10,20-21H,6,11-18H2,1-2H3. The molecule has 5 rings (SSSR count). The van der Waals surface area contributed by atoms with E-state index in [9.17, 15) is 19.2 Å². The Hall–Kier alpha value is -3.26. The molecule has 3 atom stereocenters. The van der Waals surface area contributed by atoms with Crippen molar-refractivity contribution in [1.82, 2.24) is 14.4 Å². The van der Waals surface area contributed by atoms with Gasteiger partial charge in [0, 0.05) is 70.4 Å². The molecule has 0 spiro atoms. The van der Waals surface area contributed by atoms with E-state index in [-0.39, 0.29) is 54.5 Å². The van der Waals surface area contributed by atoms with E-state index in [4.69, 9.17) is 4.74 Å². The van der Waals surface area contributed by atoms with Crippen LogP contribution in [-0.2, 0) is 31.1 Å². The van der Waals surface area contributed by atoms with E-state index in [1.807, 2.05) is 46.7 Å². The lowest BCUT2D eigenvalue weighted by atomic mass is 9.73. The predicted molar refractivity (Wildman–Crippen MR) is 133 cm³/mol. The molecule has 8 nitrogen and oxygen atoms in total. The van der Waals surface area contributed by atoms with Gasteiger partial charge in [0.1, 0.15) is 0 Å². The number of benzene rings is 1. The van der Waals surface area contributed by atoms with Crippen molar-refractivity contribution in [2.24, 2.45) is 5.92 Å². The fourth-order valence-electron chi connectivity index (χ4n) is 6.42. The van der Waals surface area contributed by atoms with Gasteiger partial charge in [-0.2, -0.15) is 0 Å². The highest BCUT2D eigenvalue weighted by Crippen LogP contribution is 2.43. The minimum Gasteiger partial charge on any atom is -0.385 e. The Kier molecular flexibility index (Phi) is 6.55. The summed E-state index contributed by atoms with van der Waals surface area (Å²) in [6.45, 7) is 4.33. The number of imide groups is 1. The SMILES string of the molecule is COCCCN1C(=O)CC(CC(=O)N2CC3CC(C2)c2cccc(=O)n2C3)(c2ccccc2C)C1=O. The molecule has 3 unspecified atom stereocenters. The van der Waals surface area contributed by atoms with Gasteiger partial charge in [0.2, 0.25) is 17.7 Å². The average Bonchev–Trinajstić information content (AvgIpc) is 3.09. The number of hydrogen-bond acceptors (Lipinski definition) is 5. The summed E-state index contributed by atoms with van der Waals surface area (Å²) >= 11 is 0. The number of piperidine rings is 1. The van der Waals surface area contributed by atoms with Crippen LogP contribution in [0, 0.1) is 12.8 Å². The van der Waals surface area contributed by atoms with Gasteiger partial charge in [0.25, 0.3) is 5.56 Å². The van der Waals surface area contributed by atoms with E-state index in [0.29, 0.717) is 32.7 Å². The van der Waals surface area contributed by atoms with Crippen molar-refractivity contribution in [2.75, 3.05) is 33.4 Å². The van der Waals surface area contributed by atoms with Crippen molar-refractivity contribution in [3.05, 3.63) is 69.6 Å². The number of carbonyl (C=O) groups excluding carboxylic acids is 3. The van der Waals surface area contributed by atoms with Crippen LogP contribution >= 0.6 is 0 Å². The number of nitrogens with zero attached hydrogens (tertiary/aromatic N) is 3. The first-order valence-electron chi connectivity index (χ1n) is 12.7. The van der Waals surface area contributed by atoms with Crippen molar-refractivity contribution in [2.45, 2.75) is 50.5 Å². The van der Waals surface area contributed by atoms with Gasteiger partial charge >= 0.3 is 0 Å². The monoisotopic (exact) mass is 491 g/mol. The Morgan fingerprint density at radius 2 is 1.86 bits per heavy atom. The molecule has 3 aliphatic rings. The van der Waals surface area contributed by atoms with Crippen molar-refractivity contribution in [3.8, 4) is 0 Å². The molecule has 1 aromatic carbocycles. The smallest absolute Gasteiger partial charge is 0.250 e. The van der Waals surface area contributed by atoms with Gasteiger partial charge in [-0.3, -0.25) is 24.1 Å². The second kappa shape index (κ2) is 9.65. The zero-order chi connectivity index (χ0) is 25.4. The van der Waals surface area contributed by atoms with E-state index in [1.54, 1.807) is 19.2 Å². The van der Waals surface area contributed by atoms with Crippen LogP contribution in [0.4, 0.5) is 0 Å². The van der Waals surface area contributed by atoms with Gasteiger partial charge in [0.15, 0.2) is 0 Å². The molecule has 2 bridgehead atoms. The predicted octanol–water partition coefficient (Wildman–Crippen LogP) is 2.23. The topological polar surface area (TPSA) is 88.9 Å². The third-order valence-corrected chi connectivity index (χ3v) is 8.08. The van der Waals surface area contributed by atoms with Crippen molar-refractivity contribution < 1.29 is 19.1 Å². The molecule has 36 heavy (non-hydrogen) atoms. The second-order valence-electron chi connectivity index (χ2n) is 10.4. The van der Waals surface area contributed by atoms with E-state index in [2.05, 4.69) is 0 Å². The minimum absolute atomic E-state index is 0.00381. The molecular weight excluding hydrogens is 458 g/mol. The molecule has 0 aliphatic carbocycles. The molecule has 190 valence electrons. The molecule has 8 heteroatoms.